The van der Waals surface area contributed by atoms with Gasteiger partial charge in [-0.3, -0.25) is 9.59 Å². The van der Waals surface area contributed by atoms with Crippen LogP contribution in [0.4, 0.5) is 0 Å². The summed E-state index contributed by atoms with van der Waals surface area (Å²) < 4.78 is 5.63. The quantitative estimate of drug-likeness (QED) is 0.665. The van der Waals surface area contributed by atoms with E-state index in [2.05, 4.69) is 0 Å². The summed E-state index contributed by atoms with van der Waals surface area (Å²) in [5.41, 5.74) is 4.99. The van der Waals surface area contributed by atoms with E-state index < -0.39 is 5.60 Å². The van der Waals surface area contributed by atoms with Crippen molar-refractivity contribution in [3.8, 4) is 0 Å². The van der Waals surface area contributed by atoms with Crippen LogP contribution < -0.4 is 5.73 Å². The molecule has 19 heavy (non-hydrogen) atoms. The summed E-state index contributed by atoms with van der Waals surface area (Å²) in [6.07, 6.45) is 4.31. The third kappa shape index (κ3) is 1.89. The largest absolute Gasteiger partial charge is 0.464 e. The van der Waals surface area contributed by atoms with Gasteiger partial charge in [-0.15, -0.1) is 11.3 Å². The van der Waals surface area contributed by atoms with Gasteiger partial charge in [-0.25, -0.2) is 0 Å². The Labute approximate surface area is 115 Å². The van der Waals surface area contributed by atoms with Crippen LogP contribution in [0, 0.1) is 0 Å². The Morgan fingerprint density at radius 1 is 1.32 bits per heavy atom. The summed E-state index contributed by atoms with van der Waals surface area (Å²) in [6, 6.07) is 3.48. The lowest BCUT2D eigenvalue weighted by atomic mass is 9.80. The minimum Gasteiger partial charge on any atom is -0.464 e. The Bertz CT molecular complexity index is 553. The molecule has 1 spiro atoms. The lowest BCUT2D eigenvalue weighted by Gasteiger charge is -2.31. The van der Waals surface area contributed by atoms with E-state index in [4.69, 9.17) is 10.5 Å². The lowest BCUT2D eigenvalue weighted by Crippen LogP contribution is -2.40. The summed E-state index contributed by atoms with van der Waals surface area (Å²) in [5, 5.41) is 1.81. The van der Waals surface area contributed by atoms with E-state index in [1.165, 1.54) is 11.3 Å². The SMILES string of the molecule is NC1=C(C(=O)c2cccs2)C(=O)C2(CCCCC2)O1. The standard InChI is InChI=1S/C14H15NO3S/c15-13-10(11(16)9-5-4-8-19-9)12(17)14(18-13)6-2-1-3-7-14/h4-5,8H,1-3,6-7,15H2. The molecule has 2 aliphatic rings. The molecule has 1 aromatic heterocycles. The molecular weight excluding hydrogens is 262 g/mol. The highest BCUT2D eigenvalue weighted by Gasteiger charge is 2.51. The van der Waals surface area contributed by atoms with E-state index in [0.717, 1.165) is 19.3 Å². The molecule has 0 saturated heterocycles. The average molecular weight is 277 g/mol. The molecule has 0 atom stereocenters. The van der Waals surface area contributed by atoms with Gasteiger partial charge in [0.2, 0.25) is 17.4 Å². The van der Waals surface area contributed by atoms with Crippen molar-refractivity contribution < 1.29 is 14.3 Å². The second-order valence-corrected chi connectivity index (χ2v) is 5.98. The number of Topliss-reactive ketones (excluding diaryl/α,β-unsaturated/α-hetero) is 2. The van der Waals surface area contributed by atoms with Crippen molar-refractivity contribution in [3.63, 3.8) is 0 Å². The first-order valence-electron chi connectivity index (χ1n) is 6.46. The molecular formula is C14H15NO3S. The van der Waals surface area contributed by atoms with Crippen LogP contribution in [0.15, 0.2) is 29.0 Å². The van der Waals surface area contributed by atoms with Crippen molar-refractivity contribution >= 4 is 22.9 Å². The second-order valence-electron chi connectivity index (χ2n) is 5.03. The lowest BCUT2D eigenvalue weighted by molar-refractivity contribution is -0.133. The minimum atomic E-state index is -0.857. The van der Waals surface area contributed by atoms with Gasteiger partial charge in [-0.2, -0.15) is 0 Å². The minimum absolute atomic E-state index is 0.00491. The molecule has 1 aromatic rings. The van der Waals surface area contributed by atoms with Gasteiger partial charge in [0.1, 0.15) is 5.57 Å². The van der Waals surface area contributed by atoms with Crippen molar-refractivity contribution in [2.45, 2.75) is 37.7 Å². The predicted octanol–water partition coefficient (Wildman–Crippen LogP) is 2.40. The van der Waals surface area contributed by atoms with E-state index in [9.17, 15) is 9.59 Å². The van der Waals surface area contributed by atoms with Gasteiger partial charge >= 0.3 is 0 Å². The normalized spacial score (nSPS) is 21.8. The molecule has 0 amide bonds. The summed E-state index contributed by atoms with van der Waals surface area (Å²) in [4.78, 5) is 25.4. The zero-order valence-electron chi connectivity index (χ0n) is 10.5. The molecule has 0 aromatic carbocycles. The van der Waals surface area contributed by atoms with Crippen LogP contribution in [-0.4, -0.2) is 17.2 Å². The number of rotatable bonds is 2. The molecule has 100 valence electrons. The summed E-state index contributed by atoms with van der Waals surface area (Å²) >= 11 is 1.31. The Kier molecular flexibility index (Phi) is 2.93. The van der Waals surface area contributed by atoms with Crippen LogP contribution >= 0.6 is 11.3 Å². The number of thiophene rings is 1. The number of hydrogen-bond donors (Lipinski definition) is 1. The van der Waals surface area contributed by atoms with Gasteiger partial charge in [0, 0.05) is 0 Å². The van der Waals surface area contributed by atoms with Crippen molar-refractivity contribution in [3.05, 3.63) is 33.8 Å². The Morgan fingerprint density at radius 3 is 2.68 bits per heavy atom. The van der Waals surface area contributed by atoms with Crippen molar-refractivity contribution in [2.24, 2.45) is 5.73 Å². The van der Waals surface area contributed by atoms with Crippen LogP contribution in [-0.2, 0) is 9.53 Å². The number of hydrogen-bond acceptors (Lipinski definition) is 5. The third-order valence-electron chi connectivity index (χ3n) is 3.83. The van der Waals surface area contributed by atoms with Crippen LogP contribution in [0.5, 0.6) is 0 Å². The number of ketones is 2. The molecule has 0 radical (unpaired) electrons. The van der Waals surface area contributed by atoms with E-state index in [1.807, 2.05) is 0 Å². The molecule has 3 rings (SSSR count). The molecule has 2 heterocycles. The number of carbonyl (C=O) groups excluding carboxylic acids is 2. The van der Waals surface area contributed by atoms with E-state index in [1.54, 1.807) is 17.5 Å². The van der Waals surface area contributed by atoms with Gasteiger partial charge in [-0.05, 0) is 37.1 Å². The van der Waals surface area contributed by atoms with Gasteiger partial charge in [0.05, 0.1) is 4.88 Å². The third-order valence-corrected chi connectivity index (χ3v) is 4.69. The maximum atomic E-state index is 12.6. The van der Waals surface area contributed by atoms with Crippen LogP contribution in [0.2, 0.25) is 0 Å². The fourth-order valence-corrected chi connectivity index (χ4v) is 3.52. The van der Waals surface area contributed by atoms with Crippen molar-refractivity contribution in [1.29, 1.82) is 0 Å². The fraction of sp³-hybridized carbons (Fsp3) is 0.429. The molecule has 0 unspecified atom stereocenters. The topological polar surface area (TPSA) is 69.4 Å². The van der Waals surface area contributed by atoms with Crippen LogP contribution in [0.1, 0.15) is 41.8 Å². The number of ether oxygens (including phenoxy) is 1. The van der Waals surface area contributed by atoms with Gasteiger partial charge in [0.15, 0.2) is 5.60 Å². The molecule has 4 nitrogen and oxygen atoms in total. The Morgan fingerprint density at radius 2 is 2.05 bits per heavy atom. The van der Waals surface area contributed by atoms with Gasteiger partial charge in [0.25, 0.3) is 0 Å². The average Bonchev–Trinajstić information content (AvgIpc) is 2.99. The van der Waals surface area contributed by atoms with Crippen LogP contribution in [0.3, 0.4) is 0 Å². The zero-order chi connectivity index (χ0) is 13.5. The monoisotopic (exact) mass is 277 g/mol. The highest BCUT2D eigenvalue weighted by molar-refractivity contribution is 7.12. The maximum Gasteiger partial charge on any atom is 0.215 e. The van der Waals surface area contributed by atoms with Crippen molar-refractivity contribution in [1.82, 2.24) is 0 Å². The van der Waals surface area contributed by atoms with E-state index >= 15 is 0 Å². The first-order chi connectivity index (χ1) is 9.14. The van der Waals surface area contributed by atoms with Crippen molar-refractivity contribution in [2.75, 3.05) is 0 Å². The number of carbonyl (C=O) groups is 2. The summed E-state index contributed by atoms with van der Waals surface area (Å²) in [5.74, 6) is -0.520. The fourth-order valence-electron chi connectivity index (χ4n) is 2.85. The Balaban J connectivity index is 1.92. The van der Waals surface area contributed by atoms with E-state index in [-0.39, 0.29) is 23.0 Å². The molecule has 1 aliphatic carbocycles. The molecule has 1 saturated carbocycles. The highest BCUT2D eigenvalue weighted by Crippen LogP contribution is 2.41. The van der Waals surface area contributed by atoms with Gasteiger partial charge < -0.3 is 10.5 Å². The summed E-state index contributed by atoms with van der Waals surface area (Å²) in [6.45, 7) is 0. The van der Waals surface area contributed by atoms with Gasteiger partial charge in [-0.1, -0.05) is 12.5 Å². The highest BCUT2D eigenvalue weighted by atomic mass is 32.1. The van der Waals surface area contributed by atoms with Crippen LogP contribution in [0.25, 0.3) is 0 Å². The predicted molar refractivity (Wildman–Crippen MR) is 71.8 cm³/mol. The Hall–Kier alpha value is -1.62. The first-order valence-corrected chi connectivity index (χ1v) is 7.34. The molecule has 5 heteroatoms. The molecule has 1 fully saturated rings. The van der Waals surface area contributed by atoms with E-state index in [0.29, 0.717) is 17.7 Å². The molecule has 0 bridgehead atoms. The second kappa shape index (κ2) is 4.49. The zero-order valence-corrected chi connectivity index (χ0v) is 11.3. The molecule has 2 N–H and O–H groups in total. The maximum absolute atomic E-state index is 12.6. The smallest absolute Gasteiger partial charge is 0.215 e. The summed E-state index contributed by atoms with van der Waals surface area (Å²) in [7, 11) is 0. The molecule has 1 aliphatic heterocycles. The number of nitrogens with two attached hydrogens (primary N) is 1. The first kappa shape index (κ1) is 12.4.